The monoisotopic (exact) mass is 279 g/mol. The maximum absolute atomic E-state index is 13.1. The summed E-state index contributed by atoms with van der Waals surface area (Å²) in [4.78, 5) is 24.7. The Morgan fingerprint density at radius 2 is 2.05 bits per heavy atom. The van der Waals surface area contributed by atoms with Crippen LogP contribution < -0.4 is 0 Å². The van der Waals surface area contributed by atoms with E-state index in [9.17, 15) is 14.0 Å². The lowest BCUT2D eigenvalue weighted by molar-refractivity contribution is -0.141. The Kier molecular flexibility index (Phi) is 4.37. The van der Waals surface area contributed by atoms with Crippen LogP contribution in [0.5, 0.6) is 0 Å². The minimum Gasteiger partial charge on any atom is -0.481 e. The number of carboxylic acids is 1. The zero-order chi connectivity index (χ0) is 14.7. The summed E-state index contributed by atoms with van der Waals surface area (Å²) in [6.45, 7) is 0.338. The van der Waals surface area contributed by atoms with Gasteiger partial charge in [0.15, 0.2) is 0 Å². The Balaban J connectivity index is 1.94. The SMILES string of the molecule is CN(Cc1cccc(F)c1)C(=O)[C@@H]1CC[C@H](C(=O)O)C1. The first-order valence-corrected chi connectivity index (χ1v) is 6.69. The molecule has 4 nitrogen and oxygen atoms in total. The number of benzene rings is 1. The number of amides is 1. The molecule has 0 heterocycles. The molecule has 5 heteroatoms. The molecule has 1 saturated carbocycles. The van der Waals surface area contributed by atoms with Crippen molar-refractivity contribution in [3.05, 3.63) is 35.6 Å². The summed E-state index contributed by atoms with van der Waals surface area (Å²) < 4.78 is 13.1. The molecule has 2 atom stereocenters. The van der Waals surface area contributed by atoms with Gasteiger partial charge < -0.3 is 10.0 Å². The maximum Gasteiger partial charge on any atom is 0.306 e. The second kappa shape index (κ2) is 6.03. The topological polar surface area (TPSA) is 57.6 Å². The molecule has 2 rings (SSSR count). The Morgan fingerprint density at radius 3 is 2.65 bits per heavy atom. The van der Waals surface area contributed by atoms with E-state index in [0.29, 0.717) is 25.8 Å². The van der Waals surface area contributed by atoms with Crippen LogP contribution in [-0.2, 0) is 16.1 Å². The highest BCUT2D eigenvalue weighted by Crippen LogP contribution is 2.32. The first-order valence-electron chi connectivity index (χ1n) is 6.69. The maximum atomic E-state index is 13.1. The third-order valence-electron chi connectivity index (χ3n) is 3.82. The van der Waals surface area contributed by atoms with Gasteiger partial charge in [0.05, 0.1) is 5.92 Å². The van der Waals surface area contributed by atoms with Gasteiger partial charge in [-0.25, -0.2) is 4.39 Å². The minimum atomic E-state index is -0.826. The molecule has 0 radical (unpaired) electrons. The van der Waals surface area contributed by atoms with E-state index in [1.807, 2.05) is 0 Å². The van der Waals surface area contributed by atoms with Crippen molar-refractivity contribution in [1.82, 2.24) is 4.90 Å². The number of hydrogen-bond acceptors (Lipinski definition) is 2. The van der Waals surface area contributed by atoms with E-state index in [2.05, 4.69) is 0 Å². The summed E-state index contributed by atoms with van der Waals surface area (Å²) in [5.74, 6) is -1.84. The second-order valence-electron chi connectivity index (χ2n) is 5.37. The number of aliphatic carboxylic acids is 1. The standard InChI is InChI=1S/C15H18FNO3/c1-17(9-10-3-2-4-13(16)7-10)14(18)11-5-6-12(8-11)15(19)20/h2-4,7,11-12H,5-6,8-9H2,1H3,(H,19,20)/t11-,12+/m1/s1. The van der Waals surface area contributed by atoms with Crippen LogP contribution in [0.15, 0.2) is 24.3 Å². The lowest BCUT2D eigenvalue weighted by atomic mass is 10.0. The van der Waals surface area contributed by atoms with Gasteiger partial charge in [0.1, 0.15) is 5.82 Å². The second-order valence-corrected chi connectivity index (χ2v) is 5.37. The summed E-state index contributed by atoms with van der Waals surface area (Å²) in [6, 6.07) is 6.14. The van der Waals surface area contributed by atoms with Gasteiger partial charge in [0.25, 0.3) is 0 Å². The molecule has 0 saturated heterocycles. The number of nitrogens with zero attached hydrogens (tertiary/aromatic N) is 1. The smallest absolute Gasteiger partial charge is 0.306 e. The molecule has 0 bridgehead atoms. The van der Waals surface area contributed by atoms with E-state index in [-0.39, 0.29) is 17.6 Å². The van der Waals surface area contributed by atoms with Gasteiger partial charge in [-0.3, -0.25) is 9.59 Å². The zero-order valence-corrected chi connectivity index (χ0v) is 11.4. The number of carboxylic acid groups (broad SMARTS) is 1. The normalized spacial score (nSPS) is 21.7. The molecular formula is C15H18FNO3. The van der Waals surface area contributed by atoms with Crippen LogP contribution in [0.2, 0.25) is 0 Å². The Labute approximate surface area is 117 Å². The van der Waals surface area contributed by atoms with E-state index in [4.69, 9.17) is 5.11 Å². The van der Waals surface area contributed by atoms with Crippen molar-refractivity contribution in [2.24, 2.45) is 11.8 Å². The van der Waals surface area contributed by atoms with Gasteiger partial charge in [0, 0.05) is 19.5 Å². The van der Waals surface area contributed by atoms with Crippen LogP contribution in [0.1, 0.15) is 24.8 Å². The van der Waals surface area contributed by atoms with Crippen LogP contribution in [0.25, 0.3) is 0 Å². The highest BCUT2D eigenvalue weighted by Gasteiger charge is 2.35. The van der Waals surface area contributed by atoms with Crippen LogP contribution in [0.4, 0.5) is 4.39 Å². The molecule has 1 amide bonds. The number of rotatable bonds is 4. The van der Waals surface area contributed by atoms with Crippen molar-refractivity contribution >= 4 is 11.9 Å². The van der Waals surface area contributed by atoms with Gasteiger partial charge in [-0.2, -0.15) is 0 Å². The van der Waals surface area contributed by atoms with Crippen LogP contribution in [0, 0.1) is 17.7 Å². The van der Waals surface area contributed by atoms with Crippen LogP contribution >= 0.6 is 0 Å². The molecule has 0 spiro atoms. The summed E-state index contributed by atoms with van der Waals surface area (Å²) in [5.41, 5.74) is 0.730. The molecule has 1 fully saturated rings. The van der Waals surface area contributed by atoms with Crippen LogP contribution in [0.3, 0.4) is 0 Å². The molecule has 0 unspecified atom stereocenters. The minimum absolute atomic E-state index is 0.0574. The molecule has 20 heavy (non-hydrogen) atoms. The van der Waals surface area contributed by atoms with Crippen LogP contribution in [-0.4, -0.2) is 28.9 Å². The zero-order valence-electron chi connectivity index (χ0n) is 11.4. The molecule has 1 aliphatic carbocycles. The number of hydrogen-bond donors (Lipinski definition) is 1. The first kappa shape index (κ1) is 14.5. The quantitative estimate of drug-likeness (QED) is 0.920. The van der Waals surface area contributed by atoms with E-state index in [1.165, 1.54) is 12.1 Å². The molecule has 108 valence electrons. The van der Waals surface area contributed by atoms with E-state index < -0.39 is 11.9 Å². The first-order chi connectivity index (χ1) is 9.47. The Bertz CT molecular complexity index is 518. The van der Waals surface area contributed by atoms with Crippen molar-refractivity contribution in [2.75, 3.05) is 7.05 Å². The number of halogens is 1. The van der Waals surface area contributed by atoms with E-state index >= 15 is 0 Å². The Hall–Kier alpha value is -1.91. The highest BCUT2D eigenvalue weighted by atomic mass is 19.1. The number of carbonyl (C=O) groups excluding carboxylic acids is 1. The van der Waals surface area contributed by atoms with Gasteiger partial charge >= 0.3 is 5.97 Å². The third kappa shape index (κ3) is 3.35. The summed E-state index contributed by atoms with van der Waals surface area (Å²) in [6.07, 6.45) is 1.57. The predicted octanol–water partition coefficient (Wildman–Crippen LogP) is 2.29. The van der Waals surface area contributed by atoms with Crippen molar-refractivity contribution in [1.29, 1.82) is 0 Å². The molecule has 1 N–H and O–H groups in total. The summed E-state index contributed by atoms with van der Waals surface area (Å²) >= 11 is 0. The predicted molar refractivity (Wildman–Crippen MR) is 71.3 cm³/mol. The summed E-state index contributed by atoms with van der Waals surface area (Å²) in [7, 11) is 1.67. The van der Waals surface area contributed by atoms with Crippen molar-refractivity contribution in [3.63, 3.8) is 0 Å². The van der Waals surface area contributed by atoms with Gasteiger partial charge in [-0.15, -0.1) is 0 Å². The van der Waals surface area contributed by atoms with Gasteiger partial charge in [-0.1, -0.05) is 12.1 Å². The molecule has 1 aliphatic rings. The van der Waals surface area contributed by atoms with E-state index in [0.717, 1.165) is 5.56 Å². The fourth-order valence-corrected chi connectivity index (χ4v) is 2.73. The molecule has 1 aromatic carbocycles. The van der Waals surface area contributed by atoms with Gasteiger partial charge in [0.2, 0.25) is 5.91 Å². The molecule has 1 aromatic rings. The van der Waals surface area contributed by atoms with Gasteiger partial charge in [-0.05, 0) is 37.0 Å². The van der Waals surface area contributed by atoms with E-state index in [1.54, 1.807) is 24.1 Å². The fraction of sp³-hybridized carbons (Fsp3) is 0.467. The fourth-order valence-electron chi connectivity index (χ4n) is 2.73. The average Bonchev–Trinajstić information content (AvgIpc) is 2.87. The summed E-state index contributed by atoms with van der Waals surface area (Å²) in [5, 5.41) is 8.95. The largest absolute Gasteiger partial charge is 0.481 e. The lowest BCUT2D eigenvalue weighted by Gasteiger charge is -2.21. The number of carbonyl (C=O) groups is 2. The Morgan fingerprint density at radius 1 is 1.35 bits per heavy atom. The molecule has 0 aromatic heterocycles. The lowest BCUT2D eigenvalue weighted by Crippen LogP contribution is -2.31. The van der Waals surface area contributed by atoms with Crippen molar-refractivity contribution < 1.29 is 19.1 Å². The third-order valence-corrected chi connectivity index (χ3v) is 3.82. The van der Waals surface area contributed by atoms with Crippen molar-refractivity contribution in [3.8, 4) is 0 Å². The molecular weight excluding hydrogens is 261 g/mol. The molecule has 0 aliphatic heterocycles. The van der Waals surface area contributed by atoms with Crippen molar-refractivity contribution in [2.45, 2.75) is 25.8 Å². The average molecular weight is 279 g/mol. The highest BCUT2D eigenvalue weighted by molar-refractivity contribution is 5.80.